The van der Waals surface area contributed by atoms with Gasteiger partial charge in [0.05, 0.1) is 0 Å². The number of nitrogens with zero attached hydrogens (tertiary/aromatic N) is 1. The molecule has 1 aromatic carbocycles. The van der Waals surface area contributed by atoms with Gasteiger partial charge in [-0.15, -0.1) is 0 Å². The second kappa shape index (κ2) is 6.78. The first-order chi connectivity index (χ1) is 9.65. The minimum Gasteiger partial charge on any atom is -0.385 e. The molecule has 0 saturated heterocycles. The van der Waals surface area contributed by atoms with Gasteiger partial charge in [-0.1, -0.05) is 6.92 Å². The third-order valence-electron chi connectivity index (χ3n) is 3.88. The predicted octanol–water partition coefficient (Wildman–Crippen LogP) is 3.69. The highest BCUT2D eigenvalue weighted by Crippen LogP contribution is 2.30. The largest absolute Gasteiger partial charge is 0.385 e. The predicted molar refractivity (Wildman–Crippen MR) is 84.3 cm³/mol. The van der Waals surface area contributed by atoms with Crippen LogP contribution in [0.4, 0.5) is 5.69 Å². The highest BCUT2D eigenvalue weighted by molar-refractivity contribution is 5.95. The Morgan fingerprint density at radius 1 is 1.35 bits per heavy atom. The summed E-state index contributed by atoms with van der Waals surface area (Å²) in [6, 6.07) is 5.99. The van der Waals surface area contributed by atoms with Crippen molar-refractivity contribution in [1.29, 1.82) is 0 Å². The number of hydrogen-bond donors (Lipinski definition) is 1. The lowest BCUT2D eigenvalue weighted by Crippen LogP contribution is -2.32. The Balaban J connectivity index is 2.06. The van der Waals surface area contributed by atoms with Crippen LogP contribution in [0.5, 0.6) is 0 Å². The van der Waals surface area contributed by atoms with Gasteiger partial charge < -0.3 is 10.2 Å². The highest BCUT2D eigenvalue weighted by atomic mass is 16.2. The Morgan fingerprint density at radius 3 is 2.65 bits per heavy atom. The van der Waals surface area contributed by atoms with E-state index in [0.717, 1.165) is 48.8 Å². The fourth-order valence-electron chi connectivity index (χ4n) is 2.41. The summed E-state index contributed by atoms with van der Waals surface area (Å²) in [5.74, 6) is 0.912. The zero-order valence-corrected chi connectivity index (χ0v) is 12.9. The molecule has 1 amide bonds. The zero-order chi connectivity index (χ0) is 14.5. The summed E-state index contributed by atoms with van der Waals surface area (Å²) in [4.78, 5) is 14.5. The number of amides is 1. The van der Waals surface area contributed by atoms with Gasteiger partial charge in [-0.25, -0.2) is 0 Å². The summed E-state index contributed by atoms with van der Waals surface area (Å²) < 4.78 is 0. The molecule has 0 spiro atoms. The van der Waals surface area contributed by atoms with E-state index in [1.54, 1.807) is 0 Å². The molecular weight excluding hydrogens is 248 g/mol. The summed E-state index contributed by atoms with van der Waals surface area (Å²) in [6.07, 6.45) is 3.66. The molecule has 0 bridgehead atoms. The molecule has 0 heterocycles. The quantitative estimate of drug-likeness (QED) is 0.822. The number of carbonyl (C=O) groups is 1. The Bertz CT molecular complexity index is 466. The smallest absolute Gasteiger partial charge is 0.253 e. The first-order valence-corrected chi connectivity index (χ1v) is 7.79. The molecule has 2 rings (SSSR count). The summed E-state index contributed by atoms with van der Waals surface area (Å²) >= 11 is 0. The van der Waals surface area contributed by atoms with Gasteiger partial charge in [0, 0.05) is 30.9 Å². The van der Waals surface area contributed by atoms with Gasteiger partial charge in [-0.2, -0.15) is 0 Å². The third-order valence-corrected chi connectivity index (χ3v) is 3.88. The maximum absolute atomic E-state index is 12.5. The van der Waals surface area contributed by atoms with Crippen molar-refractivity contribution in [3.63, 3.8) is 0 Å². The maximum atomic E-state index is 12.5. The van der Waals surface area contributed by atoms with Crippen LogP contribution in [-0.2, 0) is 0 Å². The minimum absolute atomic E-state index is 0.171. The van der Waals surface area contributed by atoms with Crippen LogP contribution in [0.1, 0.15) is 49.0 Å². The van der Waals surface area contributed by atoms with E-state index in [4.69, 9.17) is 0 Å². The number of aryl methyl sites for hydroxylation is 1. The molecule has 1 N–H and O–H groups in total. The van der Waals surface area contributed by atoms with E-state index in [2.05, 4.69) is 26.1 Å². The van der Waals surface area contributed by atoms with Gasteiger partial charge in [0.25, 0.3) is 5.91 Å². The van der Waals surface area contributed by atoms with Crippen LogP contribution >= 0.6 is 0 Å². The normalized spacial score (nSPS) is 14.2. The molecular formula is C17H26N2O. The lowest BCUT2D eigenvalue weighted by molar-refractivity contribution is 0.0757. The molecule has 110 valence electrons. The average molecular weight is 274 g/mol. The first-order valence-electron chi connectivity index (χ1n) is 7.79. The maximum Gasteiger partial charge on any atom is 0.253 e. The second-order valence-electron chi connectivity index (χ2n) is 5.74. The van der Waals surface area contributed by atoms with Crippen molar-refractivity contribution < 1.29 is 4.79 Å². The second-order valence-corrected chi connectivity index (χ2v) is 5.74. The molecule has 1 aromatic rings. The van der Waals surface area contributed by atoms with Crippen LogP contribution in [0.2, 0.25) is 0 Å². The molecule has 0 atom stereocenters. The van der Waals surface area contributed by atoms with E-state index >= 15 is 0 Å². The van der Waals surface area contributed by atoms with E-state index < -0.39 is 0 Å². The number of hydrogen-bond acceptors (Lipinski definition) is 2. The van der Waals surface area contributed by atoms with Gasteiger partial charge in [-0.05, 0) is 62.8 Å². The molecule has 3 nitrogen and oxygen atoms in total. The number of benzene rings is 1. The standard InChI is InChI=1S/C17H26N2O/c1-4-10-18-16-9-8-15(11-13(16)3)17(20)19(5-2)12-14-6-7-14/h8-9,11,14,18H,4-7,10,12H2,1-3H3. The van der Waals surface area contributed by atoms with E-state index in [1.807, 2.05) is 23.1 Å². The molecule has 0 radical (unpaired) electrons. The number of carbonyl (C=O) groups excluding carboxylic acids is 1. The molecule has 1 aliphatic rings. The van der Waals surface area contributed by atoms with Gasteiger partial charge >= 0.3 is 0 Å². The van der Waals surface area contributed by atoms with Gasteiger partial charge in [0.1, 0.15) is 0 Å². The number of anilines is 1. The lowest BCUT2D eigenvalue weighted by atomic mass is 10.1. The van der Waals surface area contributed by atoms with Crippen molar-refractivity contribution in [1.82, 2.24) is 4.90 Å². The number of rotatable bonds is 7. The Labute approximate surface area is 122 Å². The molecule has 0 aromatic heterocycles. The van der Waals surface area contributed by atoms with Gasteiger partial charge in [0.2, 0.25) is 0 Å². The Kier molecular flexibility index (Phi) is 5.05. The Hall–Kier alpha value is -1.51. The fraction of sp³-hybridized carbons (Fsp3) is 0.588. The SMILES string of the molecule is CCCNc1ccc(C(=O)N(CC)CC2CC2)cc1C. The fourth-order valence-corrected chi connectivity index (χ4v) is 2.41. The summed E-state index contributed by atoms with van der Waals surface area (Å²) in [5.41, 5.74) is 3.09. The van der Waals surface area contributed by atoms with E-state index in [0.29, 0.717) is 0 Å². The third kappa shape index (κ3) is 3.75. The minimum atomic E-state index is 0.171. The van der Waals surface area contributed by atoms with Crippen LogP contribution in [-0.4, -0.2) is 30.4 Å². The average Bonchev–Trinajstić information content (AvgIpc) is 3.26. The van der Waals surface area contributed by atoms with Crippen molar-refractivity contribution in [2.75, 3.05) is 25.0 Å². The van der Waals surface area contributed by atoms with E-state index in [-0.39, 0.29) is 5.91 Å². The van der Waals surface area contributed by atoms with Crippen molar-refractivity contribution in [3.05, 3.63) is 29.3 Å². The summed E-state index contributed by atoms with van der Waals surface area (Å²) in [7, 11) is 0. The van der Waals surface area contributed by atoms with Gasteiger partial charge in [-0.3, -0.25) is 4.79 Å². The first kappa shape index (κ1) is 14.9. The number of nitrogens with one attached hydrogen (secondary N) is 1. The van der Waals surface area contributed by atoms with E-state index in [1.165, 1.54) is 12.8 Å². The van der Waals surface area contributed by atoms with Crippen LogP contribution in [0.25, 0.3) is 0 Å². The van der Waals surface area contributed by atoms with Crippen molar-refractivity contribution in [2.45, 2.75) is 40.0 Å². The lowest BCUT2D eigenvalue weighted by Gasteiger charge is -2.21. The van der Waals surface area contributed by atoms with E-state index in [9.17, 15) is 4.79 Å². The molecule has 1 fully saturated rings. The molecule has 0 unspecified atom stereocenters. The summed E-state index contributed by atoms with van der Waals surface area (Å²) in [5, 5.41) is 3.39. The highest BCUT2D eigenvalue weighted by Gasteiger charge is 2.26. The molecule has 1 aliphatic carbocycles. The summed E-state index contributed by atoms with van der Waals surface area (Å²) in [6.45, 7) is 8.96. The Morgan fingerprint density at radius 2 is 2.10 bits per heavy atom. The van der Waals surface area contributed by atoms with Crippen LogP contribution in [0.3, 0.4) is 0 Å². The van der Waals surface area contributed by atoms with Crippen molar-refractivity contribution in [3.8, 4) is 0 Å². The van der Waals surface area contributed by atoms with Crippen LogP contribution in [0.15, 0.2) is 18.2 Å². The zero-order valence-electron chi connectivity index (χ0n) is 12.9. The van der Waals surface area contributed by atoms with Crippen LogP contribution in [0, 0.1) is 12.8 Å². The van der Waals surface area contributed by atoms with Crippen molar-refractivity contribution in [2.24, 2.45) is 5.92 Å². The molecule has 1 saturated carbocycles. The molecule has 3 heteroatoms. The van der Waals surface area contributed by atoms with Crippen LogP contribution < -0.4 is 5.32 Å². The van der Waals surface area contributed by atoms with Gasteiger partial charge in [0.15, 0.2) is 0 Å². The molecule has 0 aliphatic heterocycles. The molecule has 20 heavy (non-hydrogen) atoms. The monoisotopic (exact) mass is 274 g/mol. The van der Waals surface area contributed by atoms with Crippen molar-refractivity contribution >= 4 is 11.6 Å². The topological polar surface area (TPSA) is 32.3 Å².